The number of nitro benzene ring substituents is 1. The van der Waals surface area contributed by atoms with Gasteiger partial charge in [0.2, 0.25) is 13.3 Å². The van der Waals surface area contributed by atoms with Crippen LogP contribution in [-0.2, 0) is 26.7 Å². The third-order valence-electron chi connectivity index (χ3n) is 6.63. The molecule has 10 nitrogen and oxygen atoms in total. The molecule has 202 valence electrons. The number of thioether (sulfide) groups is 1. The first kappa shape index (κ1) is 27.9. The first-order valence-electron chi connectivity index (χ1n) is 12.4. The summed E-state index contributed by atoms with van der Waals surface area (Å²) in [5.74, 6) is 2.11. The molecule has 2 aliphatic rings. The molecular weight excluding hydrogens is 527 g/mol. The van der Waals surface area contributed by atoms with Crippen LogP contribution < -0.4 is 16.0 Å². The van der Waals surface area contributed by atoms with Crippen LogP contribution in [0, 0.1) is 10.1 Å². The van der Waals surface area contributed by atoms with E-state index in [1.807, 2.05) is 11.8 Å². The Morgan fingerprint density at radius 3 is 2.71 bits per heavy atom. The van der Waals surface area contributed by atoms with Crippen molar-refractivity contribution in [3.8, 4) is 0 Å². The summed E-state index contributed by atoms with van der Waals surface area (Å²) in [5, 5.41) is 20.4. The Morgan fingerprint density at radius 2 is 1.97 bits per heavy atom. The van der Waals surface area contributed by atoms with Crippen molar-refractivity contribution < 1.29 is 23.6 Å². The standard InChI is InChI=1S/C26H31N4O6PS/c1-2-37(35,36-15-19-7-3-4-8-22(19)30(33)34)16-18-11-13-20(14-12-18)27-24(31)10-6-5-9-23-25-21(17-38-23)28-26(32)29-25/h2-4,7-8,11-14,21,23,25H,1,5-6,9-10,15-17H2,(H,27,31)(H2,28,29,32). The Labute approximate surface area is 225 Å². The van der Waals surface area contributed by atoms with Gasteiger partial charge in [0.05, 0.1) is 35.3 Å². The average Bonchev–Trinajstić information content (AvgIpc) is 3.46. The van der Waals surface area contributed by atoms with Gasteiger partial charge in [-0.3, -0.25) is 19.5 Å². The molecule has 2 aliphatic heterocycles. The number of carbonyl (C=O) groups is 2. The van der Waals surface area contributed by atoms with Crippen LogP contribution in [0.3, 0.4) is 0 Å². The predicted molar refractivity (Wildman–Crippen MR) is 148 cm³/mol. The molecular formula is C26H31N4O6PS. The SMILES string of the molecule is C=CP(=O)(Cc1ccc(NC(=O)CCCCC2SCC3NC(=O)NC32)cc1)OCc1ccccc1[N+](=O)[O-]. The predicted octanol–water partition coefficient (Wildman–Crippen LogP) is 5.40. The Bertz CT molecular complexity index is 1240. The number of urea groups is 1. The number of unbranched alkanes of at least 4 members (excludes halogenated alkanes) is 1. The van der Waals surface area contributed by atoms with Crippen LogP contribution in [0.5, 0.6) is 0 Å². The summed E-state index contributed by atoms with van der Waals surface area (Å²) < 4.78 is 18.8. The molecule has 4 unspecified atom stereocenters. The highest BCUT2D eigenvalue weighted by Gasteiger charge is 2.42. The zero-order valence-corrected chi connectivity index (χ0v) is 22.5. The number of fused-ring (bicyclic) bond motifs is 1. The van der Waals surface area contributed by atoms with E-state index in [-0.39, 0.29) is 42.5 Å². The van der Waals surface area contributed by atoms with E-state index in [0.29, 0.717) is 22.9 Å². The molecule has 4 atom stereocenters. The third kappa shape index (κ3) is 7.24. The van der Waals surface area contributed by atoms with Crippen LogP contribution in [0.4, 0.5) is 16.2 Å². The largest absolute Gasteiger partial charge is 0.332 e. The summed E-state index contributed by atoms with van der Waals surface area (Å²) in [5.41, 5.74) is 1.62. The number of amides is 3. The molecule has 0 aromatic heterocycles. The van der Waals surface area contributed by atoms with Gasteiger partial charge >= 0.3 is 6.03 Å². The Hall–Kier alpha value is -3.14. The minimum Gasteiger partial charge on any atom is -0.332 e. The molecule has 2 saturated heterocycles. The van der Waals surface area contributed by atoms with Gasteiger partial charge < -0.3 is 20.5 Å². The van der Waals surface area contributed by atoms with Crippen molar-refractivity contribution in [2.75, 3.05) is 11.1 Å². The molecule has 0 spiro atoms. The maximum absolute atomic E-state index is 13.2. The minimum atomic E-state index is -3.29. The van der Waals surface area contributed by atoms with Crippen molar-refractivity contribution in [2.45, 2.75) is 55.8 Å². The minimum absolute atomic E-state index is 0.0740. The molecule has 2 aromatic carbocycles. The molecule has 3 amide bonds. The summed E-state index contributed by atoms with van der Waals surface area (Å²) in [4.78, 5) is 34.6. The molecule has 0 bridgehead atoms. The molecule has 0 saturated carbocycles. The summed E-state index contributed by atoms with van der Waals surface area (Å²) in [6, 6.07) is 13.5. The Balaban J connectivity index is 1.21. The first-order chi connectivity index (χ1) is 18.3. The van der Waals surface area contributed by atoms with Gasteiger partial charge in [0.1, 0.15) is 0 Å². The number of anilines is 1. The number of nitro groups is 1. The topological polar surface area (TPSA) is 140 Å². The number of carbonyl (C=O) groups excluding carboxylic acids is 2. The van der Waals surface area contributed by atoms with Crippen molar-refractivity contribution >= 4 is 42.4 Å². The lowest BCUT2D eigenvalue weighted by Gasteiger charge is -2.16. The van der Waals surface area contributed by atoms with E-state index in [1.54, 1.807) is 42.5 Å². The van der Waals surface area contributed by atoms with Crippen LogP contribution in [-0.4, -0.2) is 39.9 Å². The lowest BCUT2D eigenvalue weighted by Crippen LogP contribution is -2.36. The monoisotopic (exact) mass is 558 g/mol. The fourth-order valence-electron chi connectivity index (χ4n) is 4.60. The molecule has 12 heteroatoms. The van der Waals surface area contributed by atoms with Gasteiger partial charge in [0.15, 0.2) is 0 Å². The average molecular weight is 559 g/mol. The maximum Gasteiger partial charge on any atom is 0.315 e. The molecule has 38 heavy (non-hydrogen) atoms. The van der Waals surface area contributed by atoms with Crippen molar-refractivity contribution in [1.29, 1.82) is 0 Å². The number of benzene rings is 2. The smallest absolute Gasteiger partial charge is 0.315 e. The number of nitrogens with one attached hydrogen (secondary N) is 3. The van der Waals surface area contributed by atoms with Gasteiger partial charge in [0.25, 0.3) is 5.69 Å². The highest BCUT2D eigenvalue weighted by Crippen LogP contribution is 2.52. The van der Waals surface area contributed by atoms with E-state index in [0.717, 1.165) is 30.6 Å². The van der Waals surface area contributed by atoms with Crippen LogP contribution in [0.25, 0.3) is 0 Å². The highest BCUT2D eigenvalue weighted by molar-refractivity contribution is 8.00. The van der Waals surface area contributed by atoms with Crippen LogP contribution in [0.15, 0.2) is 60.9 Å². The van der Waals surface area contributed by atoms with Gasteiger partial charge in [0, 0.05) is 29.2 Å². The lowest BCUT2D eigenvalue weighted by atomic mass is 10.0. The van der Waals surface area contributed by atoms with E-state index in [1.165, 1.54) is 11.9 Å². The molecule has 3 N–H and O–H groups in total. The normalized spacial score (nSPS) is 21.6. The Morgan fingerprint density at radius 1 is 1.21 bits per heavy atom. The van der Waals surface area contributed by atoms with E-state index >= 15 is 0 Å². The van der Waals surface area contributed by atoms with Gasteiger partial charge in [-0.1, -0.05) is 37.3 Å². The number of hydrogen-bond donors (Lipinski definition) is 3. The fourth-order valence-corrected chi connectivity index (χ4v) is 7.55. The van der Waals surface area contributed by atoms with E-state index < -0.39 is 12.3 Å². The number of para-hydroxylation sites is 1. The van der Waals surface area contributed by atoms with E-state index in [4.69, 9.17) is 4.52 Å². The second kappa shape index (κ2) is 12.6. The second-order valence-corrected chi connectivity index (χ2v) is 13.0. The molecule has 4 rings (SSSR count). The lowest BCUT2D eigenvalue weighted by molar-refractivity contribution is -0.385. The zero-order valence-electron chi connectivity index (χ0n) is 20.8. The molecule has 0 radical (unpaired) electrons. The highest BCUT2D eigenvalue weighted by atomic mass is 32.2. The van der Waals surface area contributed by atoms with E-state index in [2.05, 4.69) is 22.5 Å². The first-order valence-corrected chi connectivity index (χ1v) is 15.4. The number of nitrogens with zero attached hydrogens (tertiary/aromatic N) is 1. The van der Waals surface area contributed by atoms with Gasteiger partial charge in [-0.2, -0.15) is 11.8 Å². The van der Waals surface area contributed by atoms with Crippen molar-refractivity contribution in [3.63, 3.8) is 0 Å². The second-order valence-electron chi connectivity index (χ2n) is 9.34. The summed E-state index contributed by atoms with van der Waals surface area (Å²) in [6.07, 6.45) is 3.12. The summed E-state index contributed by atoms with van der Waals surface area (Å²) >= 11 is 1.87. The third-order valence-corrected chi connectivity index (χ3v) is 10.1. The molecule has 2 fully saturated rings. The maximum atomic E-state index is 13.2. The van der Waals surface area contributed by atoms with Crippen molar-refractivity contribution in [2.24, 2.45) is 0 Å². The van der Waals surface area contributed by atoms with Gasteiger partial charge in [-0.25, -0.2) is 4.79 Å². The summed E-state index contributed by atoms with van der Waals surface area (Å²) in [6.45, 7) is 3.47. The molecule has 2 heterocycles. The summed E-state index contributed by atoms with van der Waals surface area (Å²) in [7, 11) is -3.29. The van der Waals surface area contributed by atoms with E-state index in [9.17, 15) is 24.3 Å². The van der Waals surface area contributed by atoms with Crippen LogP contribution >= 0.6 is 19.1 Å². The quantitative estimate of drug-likeness (QED) is 0.0984. The molecule has 0 aliphatic carbocycles. The van der Waals surface area contributed by atoms with Gasteiger partial charge in [-0.15, -0.1) is 0 Å². The van der Waals surface area contributed by atoms with Crippen LogP contribution in [0.2, 0.25) is 0 Å². The number of hydrogen-bond acceptors (Lipinski definition) is 7. The fraction of sp³-hybridized carbons (Fsp3) is 0.385. The van der Waals surface area contributed by atoms with Crippen LogP contribution in [0.1, 0.15) is 36.8 Å². The van der Waals surface area contributed by atoms with Crippen molar-refractivity contribution in [1.82, 2.24) is 10.6 Å². The van der Waals surface area contributed by atoms with Crippen molar-refractivity contribution in [3.05, 3.63) is 82.2 Å². The zero-order chi connectivity index (χ0) is 27.1. The number of rotatable bonds is 13. The van der Waals surface area contributed by atoms with Gasteiger partial charge in [-0.05, 0) is 42.4 Å². The molecule has 2 aromatic rings. The Kier molecular flexibility index (Phi) is 9.25.